The Morgan fingerprint density at radius 3 is 2.46 bits per heavy atom. The van der Waals surface area contributed by atoms with Gasteiger partial charge in [0.25, 0.3) is 0 Å². The fraction of sp³-hybridized carbons (Fsp3) is 0.588. The highest BCUT2D eigenvalue weighted by Gasteiger charge is 2.32. The second kappa shape index (κ2) is 8.09. The Labute approximate surface area is 144 Å². The Hall–Kier alpha value is -1.44. The van der Waals surface area contributed by atoms with Crippen LogP contribution in [0.1, 0.15) is 32.3 Å². The summed E-state index contributed by atoms with van der Waals surface area (Å²) >= 11 is 0. The van der Waals surface area contributed by atoms with E-state index in [1.54, 1.807) is 19.1 Å². The summed E-state index contributed by atoms with van der Waals surface area (Å²) in [4.78, 5) is 14.0. The lowest BCUT2D eigenvalue weighted by atomic mass is 9.98. The highest BCUT2D eigenvalue weighted by atomic mass is 32.2. The van der Waals surface area contributed by atoms with Crippen LogP contribution in [-0.4, -0.2) is 45.4 Å². The summed E-state index contributed by atoms with van der Waals surface area (Å²) in [5.74, 6) is 0.493. The van der Waals surface area contributed by atoms with Gasteiger partial charge in [-0.2, -0.15) is 0 Å². The molecule has 0 saturated carbocycles. The topological polar surface area (TPSA) is 78.5 Å². The van der Waals surface area contributed by atoms with E-state index in [1.165, 1.54) is 7.05 Å². The van der Waals surface area contributed by atoms with Gasteiger partial charge in [-0.1, -0.05) is 25.5 Å². The number of hydrogen-bond donors (Lipinski definition) is 2. The van der Waals surface area contributed by atoms with Crippen LogP contribution in [0, 0.1) is 5.92 Å². The van der Waals surface area contributed by atoms with Crippen molar-refractivity contribution in [2.24, 2.45) is 5.92 Å². The average molecular weight is 353 g/mol. The van der Waals surface area contributed by atoms with Crippen LogP contribution in [-0.2, 0) is 21.4 Å². The van der Waals surface area contributed by atoms with Crippen molar-refractivity contribution in [3.63, 3.8) is 0 Å². The Morgan fingerprint density at radius 1 is 1.25 bits per heavy atom. The highest BCUT2D eigenvalue weighted by Crippen LogP contribution is 2.23. The van der Waals surface area contributed by atoms with Gasteiger partial charge in [0.15, 0.2) is 0 Å². The minimum absolute atomic E-state index is 0.0181. The SMILES string of the molecule is CCCC1CN(Cc2ccc(S(=O)(=O)NC)cc2)CC1NC(C)=O. The lowest BCUT2D eigenvalue weighted by Crippen LogP contribution is -2.39. The number of sulfonamides is 1. The van der Waals surface area contributed by atoms with Gasteiger partial charge in [0.2, 0.25) is 15.9 Å². The molecule has 7 heteroatoms. The molecule has 2 unspecified atom stereocenters. The van der Waals surface area contributed by atoms with Crippen LogP contribution in [0.3, 0.4) is 0 Å². The van der Waals surface area contributed by atoms with Crippen LogP contribution in [0.25, 0.3) is 0 Å². The first-order valence-electron chi connectivity index (χ1n) is 8.37. The van der Waals surface area contributed by atoms with Gasteiger partial charge in [0, 0.05) is 32.6 Å². The minimum atomic E-state index is -3.39. The molecule has 1 aliphatic heterocycles. The first-order valence-corrected chi connectivity index (χ1v) is 9.86. The number of rotatable bonds is 7. The smallest absolute Gasteiger partial charge is 0.240 e. The molecular weight excluding hydrogens is 326 g/mol. The molecule has 1 amide bonds. The maximum atomic E-state index is 11.8. The largest absolute Gasteiger partial charge is 0.352 e. The molecule has 1 heterocycles. The van der Waals surface area contributed by atoms with Crippen molar-refractivity contribution >= 4 is 15.9 Å². The lowest BCUT2D eigenvalue weighted by molar-refractivity contribution is -0.119. The minimum Gasteiger partial charge on any atom is -0.352 e. The molecule has 2 atom stereocenters. The van der Waals surface area contributed by atoms with Crippen LogP contribution < -0.4 is 10.0 Å². The maximum Gasteiger partial charge on any atom is 0.240 e. The number of nitrogens with zero attached hydrogens (tertiary/aromatic N) is 1. The summed E-state index contributed by atoms with van der Waals surface area (Å²) < 4.78 is 25.8. The van der Waals surface area contributed by atoms with E-state index in [4.69, 9.17) is 0 Å². The summed E-state index contributed by atoms with van der Waals surface area (Å²) in [6, 6.07) is 7.17. The monoisotopic (exact) mass is 353 g/mol. The molecule has 134 valence electrons. The molecule has 2 rings (SSSR count). The maximum absolute atomic E-state index is 11.8. The first kappa shape index (κ1) is 18.9. The third-order valence-corrected chi connectivity index (χ3v) is 5.90. The molecule has 24 heavy (non-hydrogen) atoms. The van der Waals surface area contributed by atoms with Crippen LogP contribution in [0.4, 0.5) is 0 Å². The molecule has 1 aromatic rings. The Balaban J connectivity index is 2.02. The molecule has 1 fully saturated rings. The molecule has 0 radical (unpaired) electrons. The van der Waals surface area contributed by atoms with E-state index in [9.17, 15) is 13.2 Å². The molecule has 1 aromatic carbocycles. The molecule has 0 bridgehead atoms. The van der Waals surface area contributed by atoms with E-state index >= 15 is 0 Å². The molecule has 0 spiro atoms. The van der Waals surface area contributed by atoms with Crippen molar-refractivity contribution in [3.8, 4) is 0 Å². The molecule has 1 saturated heterocycles. The van der Waals surface area contributed by atoms with Crippen LogP contribution in [0.5, 0.6) is 0 Å². The van der Waals surface area contributed by atoms with Crippen molar-refractivity contribution < 1.29 is 13.2 Å². The van der Waals surface area contributed by atoms with Crippen LogP contribution in [0.15, 0.2) is 29.2 Å². The summed E-state index contributed by atoms with van der Waals surface area (Å²) in [5.41, 5.74) is 1.07. The van der Waals surface area contributed by atoms with E-state index in [-0.39, 0.29) is 16.8 Å². The fourth-order valence-electron chi connectivity index (χ4n) is 3.33. The number of carbonyl (C=O) groups excluding carboxylic acids is 1. The molecule has 1 aliphatic rings. The second-order valence-electron chi connectivity index (χ2n) is 6.40. The second-order valence-corrected chi connectivity index (χ2v) is 8.29. The normalized spacial score (nSPS) is 21.8. The molecule has 2 N–H and O–H groups in total. The van der Waals surface area contributed by atoms with Gasteiger partial charge in [-0.3, -0.25) is 9.69 Å². The number of hydrogen-bond acceptors (Lipinski definition) is 4. The Morgan fingerprint density at radius 2 is 1.92 bits per heavy atom. The van der Waals surface area contributed by atoms with Crippen molar-refractivity contribution in [1.82, 2.24) is 14.9 Å². The number of nitrogens with one attached hydrogen (secondary N) is 2. The fourth-order valence-corrected chi connectivity index (χ4v) is 4.06. The van der Waals surface area contributed by atoms with Crippen LogP contribution >= 0.6 is 0 Å². The zero-order chi connectivity index (χ0) is 17.7. The quantitative estimate of drug-likeness (QED) is 0.775. The Kier molecular flexibility index (Phi) is 6.37. The number of benzene rings is 1. The third kappa shape index (κ3) is 4.78. The van der Waals surface area contributed by atoms with E-state index in [2.05, 4.69) is 21.9 Å². The zero-order valence-electron chi connectivity index (χ0n) is 14.6. The van der Waals surface area contributed by atoms with Gasteiger partial charge < -0.3 is 5.32 Å². The predicted octanol–water partition coefficient (Wildman–Crippen LogP) is 1.33. The summed E-state index contributed by atoms with van der Waals surface area (Å²) in [7, 11) is -1.99. The van der Waals surface area contributed by atoms with Crippen LogP contribution in [0.2, 0.25) is 0 Å². The van der Waals surface area contributed by atoms with E-state index in [0.29, 0.717) is 5.92 Å². The van der Waals surface area contributed by atoms with Crippen molar-refractivity contribution in [2.75, 3.05) is 20.1 Å². The van der Waals surface area contributed by atoms with E-state index < -0.39 is 10.0 Å². The highest BCUT2D eigenvalue weighted by molar-refractivity contribution is 7.89. The summed E-state index contributed by atoms with van der Waals surface area (Å²) in [5, 5.41) is 3.06. The van der Waals surface area contributed by atoms with Crippen molar-refractivity contribution in [2.45, 2.75) is 44.2 Å². The van der Waals surface area contributed by atoms with Crippen molar-refractivity contribution in [1.29, 1.82) is 0 Å². The first-order chi connectivity index (χ1) is 11.4. The van der Waals surface area contributed by atoms with Gasteiger partial charge in [0.1, 0.15) is 0 Å². The Bertz CT molecular complexity index is 658. The molecule has 0 aromatic heterocycles. The van der Waals surface area contributed by atoms with E-state index in [0.717, 1.165) is 38.0 Å². The third-order valence-electron chi connectivity index (χ3n) is 4.47. The average Bonchev–Trinajstić information content (AvgIpc) is 2.89. The number of carbonyl (C=O) groups is 1. The van der Waals surface area contributed by atoms with E-state index in [1.807, 2.05) is 12.1 Å². The zero-order valence-corrected chi connectivity index (χ0v) is 15.4. The van der Waals surface area contributed by atoms with Gasteiger partial charge in [-0.15, -0.1) is 0 Å². The standard InChI is InChI=1S/C17H27N3O3S/c1-4-5-15-11-20(12-17(15)19-13(2)21)10-14-6-8-16(9-7-14)24(22,23)18-3/h6-9,15,17-18H,4-5,10-12H2,1-3H3,(H,19,21). The molecular formula is C17H27N3O3S. The summed E-state index contributed by atoms with van der Waals surface area (Å²) in [6.07, 6.45) is 2.20. The predicted molar refractivity (Wildman–Crippen MR) is 94.0 cm³/mol. The van der Waals surface area contributed by atoms with Gasteiger partial charge in [-0.25, -0.2) is 13.1 Å². The molecule has 6 nitrogen and oxygen atoms in total. The molecule has 0 aliphatic carbocycles. The summed E-state index contributed by atoms with van der Waals surface area (Å²) in [6.45, 7) is 6.27. The number of amides is 1. The van der Waals surface area contributed by atoms with Gasteiger partial charge >= 0.3 is 0 Å². The number of likely N-dealkylation sites (tertiary alicyclic amines) is 1. The van der Waals surface area contributed by atoms with Crippen molar-refractivity contribution in [3.05, 3.63) is 29.8 Å². The van der Waals surface area contributed by atoms with Gasteiger partial charge in [-0.05, 0) is 37.1 Å². The lowest BCUT2D eigenvalue weighted by Gasteiger charge is -2.18. The van der Waals surface area contributed by atoms with Gasteiger partial charge in [0.05, 0.1) is 4.90 Å².